The van der Waals surface area contributed by atoms with E-state index >= 15 is 0 Å². The van der Waals surface area contributed by atoms with Gasteiger partial charge in [0.15, 0.2) is 0 Å². The lowest BCUT2D eigenvalue weighted by Crippen LogP contribution is -2.41. The quantitative estimate of drug-likeness (QED) is 0.863. The van der Waals surface area contributed by atoms with Crippen LogP contribution in [0.3, 0.4) is 0 Å². The fourth-order valence-electron chi connectivity index (χ4n) is 2.20. The molecule has 1 fully saturated rings. The molecule has 17 heavy (non-hydrogen) atoms. The fraction of sp³-hybridized carbons (Fsp3) is 0.667. The van der Waals surface area contributed by atoms with E-state index in [2.05, 4.69) is 10.2 Å². The van der Waals surface area contributed by atoms with Crippen LogP contribution >= 0.6 is 0 Å². The Bertz CT molecular complexity index is 381. The summed E-state index contributed by atoms with van der Waals surface area (Å²) in [4.78, 5) is 14.1. The molecule has 0 radical (unpaired) electrons. The van der Waals surface area contributed by atoms with E-state index in [9.17, 15) is 4.79 Å². The van der Waals surface area contributed by atoms with Gasteiger partial charge in [0.05, 0.1) is 17.9 Å². The number of ether oxygens (including phenoxy) is 1. The van der Waals surface area contributed by atoms with Crippen LogP contribution in [0.2, 0.25) is 0 Å². The molecule has 1 amide bonds. The van der Waals surface area contributed by atoms with Crippen molar-refractivity contribution in [3.8, 4) is 0 Å². The number of rotatable bonds is 3. The minimum Gasteiger partial charge on any atom is -0.378 e. The van der Waals surface area contributed by atoms with Crippen LogP contribution in [0, 0.1) is 6.92 Å². The summed E-state index contributed by atoms with van der Waals surface area (Å²) in [6.45, 7) is 6.17. The number of hydrogen-bond donors (Lipinski definition) is 1. The fourth-order valence-corrected chi connectivity index (χ4v) is 2.20. The number of piperidine rings is 1. The Morgan fingerprint density at radius 1 is 1.59 bits per heavy atom. The van der Waals surface area contributed by atoms with Crippen molar-refractivity contribution >= 4 is 5.91 Å². The number of likely N-dealkylation sites (tertiary alicyclic amines) is 1. The zero-order valence-corrected chi connectivity index (χ0v) is 10.4. The van der Waals surface area contributed by atoms with Gasteiger partial charge in [0.1, 0.15) is 0 Å². The van der Waals surface area contributed by atoms with Crippen LogP contribution in [0.15, 0.2) is 6.20 Å². The van der Waals surface area contributed by atoms with Crippen LogP contribution in [0.4, 0.5) is 0 Å². The van der Waals surface area contributed by atoms with Crippen LogP contribution in [0.5, 0.6) is 0 Å². The van der Waals surface area contributed by atoms with E-state index in [-0.39, 0.29) is 5.91 Å². The van der Waals surface area contributed by atoms with Gasteiger partial charge in [-0.2, -0.15) is 5.10 Å². The van der Waals surface area contributed by atoms with Gasteiger partial charge in [-0.1, -0.05) is 0 Å². The van der Waals surface area contributed by atoms with E-state index in [0.29, 0.717) is 11.7 Å². The van der Waals surface area contributed by atoms with Crippen LogP contribution < -0.4 is 0 Å². The summed E-state index contributed by atoms with van der Waals surface area (Å²) in [5.74, 6) is 0.0752. The number of aryl methyl sites for hydroxylation is 1. The number of nitrogens with zero attached hydrogens (tertiary/aromatic N) is 2. The van der Waals surface area contributed by atoms with Crippen molar-refractivity contribution in [3.05, 3.63) is 17.5 Å². The van der Waals surface area contributed by atoms with E-state index < -0.39 is 0 Å². The molecule has 2 heterocycles. The number of hydrogen-bond acceptors (Lipinski definition) is 3. The van der Waals surface area contributed by atoms with Gasteiger partial charge in [-0.15, -0.1) is 0 Å². The molecule has 0 aliphatic carbocycles. The largest absolute Gasteiger partial charge is 0.378 e. The molecule has 0 saturated carbocycles. The van der Waals surface area contributed by atoms with E-state index in [1.807, 2.05) is 18.7 Å². The Morgan fingerprint density at radius 2 is 2.29 bits per heavy atom. The van der Waals surface area contributed by atoms with Gasteiger partial charge in [0, 0.05) is 25.4 Å². The Kier molecular flexibility index (Phi) is 3.78. The van der Waals surface area contributed by atoms with Gasteiger partial charge in [-0.3, -0.25) is 9.89 Å². The van der Waals surface area contributed by atoms with Crippen LogP contribution in [0.25, 0.3) is 0 Å². The van der Waals surface area contributed by atoms with Gasteiger partial charge in [-0.25, -0.2) is 0 Å². The maximum Gasteiger partial charge on any atom is 0.257 e. The minimum atomic E-state index is 0.0752. The first kappa shape index (κ1) is 12.1. The Balaban J connectivity index is 1.93. The highest BCUT2D eigenvalue weighted by Gasteiger charge is 2.25. The monoisotopic (exact) mass is 237 g/mol. The van der Waals surface area contributed by atoms with Gasteiger partial charge >= 0.3 is 0 Å². The molecule has 1 saturated heterocycles. The summed E-state index contributed by atoms with van der Waals surface area (Å²) in [5, 5.41) is 6.68. The number of carbonyl (C=O) groups excluding carboxylic acids is 1. The van der Waals surface area contributed by atoms with Crippen molar-refractivity contribution in [2.75, 3.05) is 19.7 Å². The minimum absolute atomic E-state index is 0.0752. The van der Waals surface area contributed by atoms with Crippen molar-refractivity contribution in [2.24, 2.45) is 0 Å². The molecule has 5 nitrogen and oxygen atoms in total. The number of aromatic nitrogens is 2. The molecule has 5 heteroatoms. The molecule has 0 atom stereocenters. The number of aromatic amines is 1. The summed E-state index contributed by atoms with van der Waals surface area (Å²) in [6, 6.07) is 0. The summed E-state index contributed by atoms with van der Waals surface area (Å²) < 4.78 is 5.57. The standard InChI is InChI=1S/C12H19N3O2/c1-3-17-10-4-6-15(7-5-10)12(16)11-8-13-14-9(11)2/h8,10H,3-7H2,1-2H3,(H,13,14). The zero-order valence-electron chi connectivity index (χ0n) is 10.4. The van der Waals surface area contributed by atoms with Gasteiger partial charge < -0.3 is 9.64 Å². The summed E-state index contributed by atoms with van der Waals surface area (Å²) in [6.07, 6.45) is 3.77. The predicted octanol–water partition coefficient (Wildman–Crippen LogP) is 1.36. The maximum atomic E-state index is 12.2. The molecule has 1 aromatic rings. The second-order valence-corrected chi connectivity index (χ2v) is 4.36. The predicted molar refractivity (Wildman–Crippen MR) is 63.9 cm³/mol. The second kappa shape index (κ2) is 5.31. The molecule has 94 valence electrons. The third-order valence-corrected chi connectivity index (χ3v) is 3.19. The lowest BCUT2D eigenvalue weighted by molar-refractivity contribution is 0.0146. The zero-order chi connectivity index (χ0) is 12.3. The van der Waals surface area contributed by atoms with E-state index in [1.54, 1.807) is 6.20 Å². The first-order valence-corrected chi connectivity index (χ1v) is 6.13. The van der Waals surface area contributed by atoms with E-state index in [1.165, 1.54) is 0 Å². The number of amides is 1. The molecule has 0 aromatic carbocycles. The van der Waals surface area contributed by atoms with E-state index in [4.69, 9.17) is 4.74 Å². The van der Waals surface area contributed by atoms with Crippen molar-refractivity contribution in [1.29, 1.82) is 0 Å². The van der Waals surface area contributed by atoms with Gasteiger partial charge in [0.2, 0.25) is 0 Å². The molecule has 1 N–H and O–H groups in total. The molecular weight excluding hydrogens is 218 g/mol. The highest BCUT2D eigenvalue weighted by atomic mass is 16.5. The smallest absolute Gasteiger partial charge is 0.257 e. The highest BCUT2D eigenvalue weighted by molar-refractivity contribution is 5.95. The van der Waals surface area contributed by atoms with Crippen LogP contribution in [0.1, 0.15) is 35.8 Å². The van der Waals surface area contributed by atoms with Gasteiger partial charge in [-0.05, 0) is 26.7 Å². The topological polar surface area (TPSA) is 58.2 Å². The summed E-state index contributed by atoms with van der Waals surface area (Å²) >= 11 is 0. The van der Waals surface area contributed by atoms with Crippen molar-refractivity contribution < 1.29 is 9.53 Å². The van der Waals surface area contributed by atoms with Crippen LogP contribution in [-0.4, -0.2) is 46.8 Å². The first-order valence-electron chi connectivity index (χ1n) is 6.13. The Morgan fingerprint density at radius 3 is 2.82 bits per heavy atom. The maximum absolute atomic E-state index is 12.2. The van der Waals surface area contributed by atoms with Crippen molar-refractivity contribution in [1.82, 2.24) is 15.1 Å². The lowest BCUT2D eigenvalue weighted by Gasteiger charge is -2.31. The third kappa shape index (κ3) is 2.66. The Labute approximate surface area is 101 Å². The molecule has 2 rings (SSSR count). The molecular formula is C12H19N3O2. The van der Waals surface area contributed by atoms with Gasteiger partial charge in [0.25, 0.3) is 5.91 Å². The average Bonchev–Trinajstić information content (AvgIpc) is 2.76. The van der Waals surface area contributed by atoms with Crippen molar-refractivity contribution in [3.63, 3.8) is 0 Å². The molecule has 0 spiro atoms. The molecule has 0 unspecified atom stereocenters. The average molecular weight is 237 g/mol. The Hall–Kier alpha value is -1.36. The second-order valence-electron chi connectivity index (χ2n) is 4.36. The molecule has 1 aromatic heterocycles. The van der Waals surface area contributed by atoms with Crippen molar-refractivity contribution in [2.45, 2.75) is 32.8 Å². The number of H-pyrrole nitrogens is 1. The van der Waals surface area contributed by atoms with E-state index in [0.717, 1.165) is 38.2 Å². The molecule has 0 bridgehead atoms. The number of nitrogens with one attached hydrogen (secondary N) is 1. The highest BCUT2D eigenvalue weighted by Crippen LogP contribution is 2.16. The van der Waals surface area contributed by atoms with Crippen LogP contribution in [-0.2, 0) is 4.74 Å². The normalized spacial score (nSPS) is 17.4. The summed E-state index contributed by atoms with van der Waals surface area (Å²) in [7, 11) is 0. The molecule has 1 aliphatic heterocycles. The molecule has 1 aliphatic rings. The third-order valence-electron chi connectivity index (χ3n) is 3.19. The first-order chi connectivity index (χ1) is 8.22. The number of carbonyl (C=O) groups is 1. The SMILES string of the molecule is CCOC1CCN(C(=O)c2cn[nH]c2C)CC1. The lowest BCUT2D eigenvalue weighted by atomic mass is 10.1. The summed E-state index contributed by atoms with van der Waals surface area (Å²) in [5.41, 5.74) is 1.52.